The van der Waals surface area contributed by atoms with Crippen LogP contribution in [-0.2, 0) is 26.0 Å². The highest BCUT2D eigenvalue weighted by Gasteiger charge is 2.33. The first-order valence-electron chi connectivity index (χ1n) is 11.1. The molecule has 0 heterocycles. The number of sulfonamides is 1. The molecule has 35 heavy (non-hydrogen) atoms. The van der Waals surface area contributed by atoms with Gasteiger partial charge in [-0.05, 0) is 54.8 Å². The standard InChI is InChI=1S/C27H28N2O5S/c1-3-29(23-12-8-5-9-13-23)27(31)25(20-22-14-16-24(34-2)17-15-22)26(30)28-35(32,33)19-18-21-10-6-4-7-11-21/h4-19,25H,3,20H2,1-2H3,(H,28,30). The molecule has 0 aliphatic rings. The van der Waals surface area contributed by atoms with Crippen molar-refractivity contribution >= 4 is 33.6 Å². The Bertz CT molecular complexity index is 1260. The van der Waals surface area contributed by atoms with Crippen LogP contribution < -0.4 is 14.4 Å². The molecular formula is C27H28N2O5S. The molecule has 0 aliphatic heterocycles. The molecule has 0 aromatic heterocycles. The Morgan fingerprint density at radius 3 is 2.11 bits per heavy atom. The lowest BCUT2D eigenvalue weighted by molar-refractivity contribution is -0.132. The monoisotopic (exact) mass is 492 g/mol. The average Bonchev–Trinajstić information content (AvgIpc) is 2.88. The van der Waals surface area contributed by atoms with Crippen LogP contribution >= 0.6 is 0 Å². The van der Waals surface area contributed by atoms with Gasteiger partial charge in [-0.2, -0.15) is 0 Å². The summed E-state index contributed by atoms with van der Waals surface area (Å²) in [4.78, 5) is 28.2. The van der Waals surface area contributed by atoms with Crippen molar-refractivity contribution in [1.29, 1.82) is 0 Å². The summed E-state index contributed by atoms with van der Waals surface area (Å²) in [7, 11) is -2.59. The van der Waals surface area contributed by atoms with Crippen LogP contribution in [0.15, 0.2) is 90.3 Å². The van der Waals surface area contributed by atoms with Crippen LogP contribution in [0.4, 0.5) is 5.69 Å². The van der Waals surface area contributed by atoms with Crippen molar-refractivity contribution in [3.63, 3.8) is 0 Å². The molecule has 1 atom stereocenters. The summed E-state index contributed by atoms with van der Waals surface area (Å²) >= 11 is 0. The van der Waals surface area contributed by atoms with Crippen molar-refractivity contribution in [2.45, 2.75) is 13.3 Å². The van der Waals surface area contributed by atoms with Gasteiger partial charge in [-0.3, -0.25) is 9.59 Å². The lowest BCUT2D eigenvalue weighted by Gasteiger charge is -2.26. The largest absolute Gasteiger partial charge is 0.497 e. The molecule has 3 aromatic rings. The quantitative estimate of drug-likeness (QED) is 0.432. The molecule has 0 bridgehead atoms. The van der Waals surface area contributed by atoms with E-state index in [-0.39, 0.29) is 6.42 Å². The lowest BCUT2D eigenvalue weighted by Crippen LogP contribution is -2.46. The number of nitrogens with one attached hydrogen (secondary N) is 1. The number of methoxy groups -OCH3 is 1. The van der Waals surface area contributed by atoms with Crippen LogP contribution in [0.3, 0.4) is 0 Å². The minimum atomic E-state index is -4.13. The topological polar surface area (TPSA) is 92.8 Å². The van der Waals surface area contributed by atoms with Gasteiger partial charge >= 0.3 is 0 Å². The number of carbonyl (C=O) groups is 2. The van der Waals surface area contributed by atoms with Crippen molar-refractivity contribution in [1.82, 2.24) is 4.72 Å². The van der Waals surface area contributed by atoms with Crippen molar-refractivity contribution in [2.24, 2.45) is 5.92 Å². The summed E-state index contributed by atoms with van der Waals surface area (Å²) in [5.41, 5.74) is 1.98. The second-order valence-corrected chi connectivity index (χ2v) is 9.31. The predicted octanol–water partition coefficient (Wildman–Crippen LogP) is 4.02. The van der Waals surface area contributed by atoms with E-state index < -0.39 is 27.8 Å². The summed E-state index contributed by atoms with van der Waals surface area (Å²) in [5.74, 6) is -2.01. The van der Waals surface area contributed by atoms with Crippen LogP contribution in [0.5, 0.6) is 5.75 Å². The highest BCUT2D eigenvalue weighted by Crippen LogP contribution is 2.21. The maximum atomic E-state index is 13.5. The van der Waals surface area contributed by atoms with Gasteiger partial charge in [-0.1, -0.05) is 60.7 Å². The molecular weight excluding hydrogens is 464 g/mol. The van der Waals surface area contributed by atoms with E-state index in [9.17, 15) is 18.0 Å². The van der Waals surface area contributed by atoms with E-state index in [4.69, 9.17) is 4.74 Å². The summed E-state index contributed by atoms with van der Waals surface area (Å²) in [6.45, 7) is 2.11. The normalized spacial score (nSPS) is 12.2. The molecule has 3 rings (SSSR count). The van der Waals surface area contributed by atoms with Crippen molar-refractivity contribution < 1.29 is 22.7 Å². The highest BCUT2D eigenvalue weighted by molar-refractivity contribution is 7.93. The molecule has 0 saturated carbocycles. The predicted molar refractivity (Wildman–Crippen MR) is 137 cm³/mol. The average molecular weight is 493 g/mol. The van der Waals surface area contributed by atoms with Gasteiger partial charge in [0.05, 0.1) is 12.5 Å². The van der Waals surface area contributed by atoms with Gasteiger partial charge in [0.1, 0.15) is 11.7 Å². The molecule has 0 fully saturated rings. The third-order valence-electron chi connectivity index (χ3n) is 5.35. The first-order chi connectivity index (χ1) is 16.8. The molecule has 7 nitrogen and oxygen atoms in total. The number of anilines is 1. The minimum Gasteiger partial charge on any atom is -0.497 e. The molecule has 0 spiro atoms. The van der Waals surface area contributed by atoms with Crippen molar-refractivity contribution in [2.75, 3.05) is 18.6 Å². The van der Waals surface area contributed by atoms with Gasteiger partial charge in [-0.25, -0.2) is 13.1 Å². The fraction of sp³-hybridized carbons (Fsp3) is 0.185. The number of amides is 2. The molecule has 0 saturated heterocycles. The van der Waals surface area contributed by atoms with Gasteiger partial charge in [-0.15, -0.1) is 0 Å². The van der Waals surface area contributed by atoms with Crippen LogP contribution in [0.1, 0.15) is 18.1 Å². The van der Waals surface area contributed by atoms with Gasteiger partial charge in [0.15, 0.2) is 0 Å². The van der Waals surface area contributed by atoms with E-state index in [1.165, 1.54) is 11.0 Å². The molecule has 0 aliphatic carbocycles. The van der Waals surface area contributed by atoms with E-state index >= 15 is 0 Å². The van der Waals surface area contributed by atoms with Crippen LogP contribution in [0, 0.1) is 5.92 Å². The second-order valence-electron chi connectivity index (χ2n) is 7.75. The van der Waals surface area contributed by atoms with Gasteiger partial charge in [0.25, 0.3) is 10.0 Å². The number of ether oxygens (including phenoxy) is 1. The Morgan fingerprint density at radius 1 is 0.943 bits per heavy atom. The number of para-hydroxylation sites is 1. The Hall–Kier alpha value is -3.91. The Labute approximate surface area is 206 Å². The molecule has 1 N–H and O–H groups in total. The van der Waals surface area contributed by atoms with E-state index in [1.54, 1.807) is 86.8 Å². The zero-order chi connectivity index (χ0) is 25.3. The highest BCUT2D eigenvalue weighted by atomic mass is 32.2. The zero-order valence-corrected chi connectivity index (χ0v) is 20.4. The number of rotatable bonds is 10. The second kappa shape index (κ2) is 12.0. The number of nitrogens with zero attached hydrogens (tertiary/aromatic N) is 1. The molecule has 0 radical (unpaired) electrons. The van der Waals surface area contributed by atoms with Crippen molar-refractivity contribution in [3.8, 4) is 5.75 Å². The van der Waals surface area contributed by atoms with Crippen LogP contribution in [-0.4, -0.2) is 33.9 Å². The molecule has 3 aromatic carbocycles. The van der Waals surface area contributed by atoms with E-state index in [0.717, 1.165) is 5.41 Å². The summed E-state index contributed by atoms with van der Waals surface area (Å²) in [6.07, 6.45) is 1.41. The molecule has 182 valence electrons. The van der Waals surface area contributed by atoms with Crippen LogP contribution in [0.25, 0.3) is 6.08 Å². The fourth-order valence-corrected chi connectivity index (χ4v) is 4.36. The van der Waals surface area contributed by atoms with E-state index in [1.807, 2.05) is 12.1 Å². The maximum absolute atomic E-state index is 13.5. The Balaban J connectivity index is 1.87. The first-order valence-corrected chi connectivity index (χ1v) is 12.7. The molecule has 8 heteroatoms. The van der Waals surface area contributed by atoms with Crippen LogP contribution in [0.2, 0.25) is 0 Å². The smallest absolute Gasteiger partial charge is 0.257 e. The van der Waals surface area contributed by atoms with Gasteiger partial charge in [0.2, 0.25) is 11.8 Å². The SMILES string of the molecule is CCN(C(=O)C(Cc1ccc(OC)cc1)C(=O)NS(=O)(=O)C=Cc1ccccc1)c1ccccc1. The molecule has 1 unspecified atom stereocenters. The van der Waals surface area contributed by atoms with Crippen molar-refractivity contribution in [3.05, 3.63) is 101 Å². The summed E-state index contributed by atoms with van der Waals surface area (Å²) < 4.78 is 32.5. The number of hydrogen-bond acceptors (Lipinski definition) is 5. The third-order valence-corrected chi connectivity index (χ3v) is 6.33. The summed E-state index contributed by atoms with van der Waals surface area (Å²) in [5, 5.41) is 0.921. The zero-order valence-electron chi connectivity index (χ0n) is 19.6. The van der Waals surface area contributed by atoms with Gasteiger partial charge < -0.3 is 9.64 Å². The van der Waals surface area contributed by atoms with E-state index in [0.29, 0.717) is 29.1 Å². The van der Waals surface area contributed by atoms with E-state index in [2.05, 4.69) is 4.72 Å². The Kier molecular flexibility index (Phi) is 8.80. The molecule has 2 amide bonds. The lowest BCUT2D eigenvalue weighted by atomic mass is 9.96. The summed E-state index contributed by atoms with van der Waals surface area (Å²) in [6, 6.07) is 24.7. The minimum absolute atomic E-state index is 0.0237. The number of benzene rings is 3. The fourth-order valence-electron chi connectivity index (χ4n) is 3.53. The third kappa shape index (κ3) is 7.28. The number of hydrogen-bond donors (Lipinski definition) is 1. The Morgan fingerprint density at radius 2 is 1.54 bits per heavy atom. The van der Waals surface area contributed by atoms with Gasteiger partial charge in [0, 0.05) is 12.2 Å². The maximum Gasteiger partial charge on any atom is 0.257 e. The first kappa shape index (κ1) is 25.7. The number of carbonyl (C=O) groups excluding carboxylic acids is 2.